The monoisotopic (exact) mass is 291 g/mol. The maximum atomic E-state index is 12.9. The standard InChI is InChI=1S/C15H14FNO2S/c1-2-19-15(18)12-4-3-5-13(17)14(12)20-11-8-6-10(16)7-9-11/h3-9H,2,17H2,1H3. The normalized spacial score (nSPS) is 10.3. The molecule has 0 unspecified atom stereocenters. The lowest BCUT2D eigenvalue weighted by molar-refractivity contribution is 0.0522. The molecule has 2 aromatic carbocycles. The molecule has 0 aliphatic heterocycles. The summed E-state index contributed by atoms with van der Waals surface area (Å²) in [6.45, 7) is 2.05. The van der Waals surface area contributed by atoms with Crippen molar-refractivity contribution in [1.29, 1.82) is 0 Å². The van der Waals surface area contributed by atoms with Gasteiger partial charge in [-0.05, 0) is 43.3 Å². The minimum absolute atomic E-state index is 0.300. The van der Waals surface area contributed by atoms with Crippen molar-refractivity contribution in [3.8, 4) is 0 Å². The molecule has 2 N–H and O–H groups in total. The van der Waals surface area contributed by atoms with Crippen molar-refractivity contribution in [2.75, 3.05) is 12.3 Å². The van der Waals surface area contributed by atoms with Crippen LogP contribution in [0.5, 0.6) is 0 Å². The molecule has 0 radical (unpaired) electrons. The van der Waals surface area contributed by atoms with Crippen molar-refractivity contribution in [2.45, 2.75) is 16.7 Å². The number of benzene rings is 2. The van der Waals surface area contributed by atoms with Crippen LogP contribution in [0.4, 0.5) is 10.1 Å². The Morgan fingerprint density at radius 3 is 2.60 bits per heavy atom. The van der Waals surface area contributed by atoms with E-state index in [0.29, 0.717) is 22.8 Å². The van der Waals surface area contributed by atoms with Crippen molar-refractivity contribution in [3.63, 3.8) is 0 Å². The summed E-state index contributed by atoms with van der Waals surface area (Å²) < 4.78 is 17.9. The summed E-state index contributed by atoms with van der Waals surface area (Å²) in [5, 5.41) is 0. The van der Waals surface area contributed by atoms with Gasteiger partial charge in [-0.25, -0.2) is 9.18 Å². The largest absolute Gasteiger partial charge is 0.462 e. The van der Waals surface area contributed by atoms with Crippen LogP contribution >= 0.6 is 11.8 Å². The van der Waals surface area contributed by atoms with Gasteiger partial charge in [-0.15, -0.1) is 0 Å². The predicted molar refractivity (Wildman–Crippen MR) is 77.3 cm³/mol. The van der Waals surface area contributed by atoms with Gasteiger partial charge in [0, 0.05) is 15.5 Å². The number of ether oxygens (including phenoxy) is 1. The van der Waals surface area contributed by atoms with Crippen molar-refractivity contribution >= 4 is 23.4 Å². The summed E-state index contributed by atoms with van der Waals surface area (Å²) in [7, 11) is 0. The van der Waals surface area contributed by atoms with Crippen LogP contribution < -0.4 is 5.73 Å². The summed E-state index contributed by atoms with van der Waals surface area (Å²) in [5.74, 6) is -0.717. The first-order valence-corrected chi connectivity index (χ1v) is 6.92. The molecule has 0 aromatic heterocycles. The summed E-state index contributed by atoms with van der Waals surface area (Å²) >= 11 is 1.31. The van der Waals surface area contributed by atoms with Crippen molar-refractivity contribution < 1.29 is 13.9 Å². The van der Waals surface area contributed by atoms with E-state index in [1.807, 2.05) is 0 Å². The van der Waals surface area contributed by atoms with Crippen LogP contribution in [0.15, 0.2) is 52.3 Å². The van der Waals surface area contributed by atoms with E-state index >= 15 is 0 Å². The van der Waals surface area contributed by atoms with E-state index in [1.54, 1.807) is 37.3 Å². The maximum absolute atomic E-state index is 12.9. The lowest BCUT2D eigenvalue weighted by Gasteiger charge is -2.11. The number of hydrogen-bond acceptors (Lipinski definition) is 4. The highest BCUT2D eigenvalue weighted by Crippen LogP contribution is 2.35. The van der Waals surface area contributed by atoms with Gasteiger partial charge in [0.05, 0.1) is 12.2 Å². The van der Waals surface area contributed by atoms with Crippen molar-refractivity contribution in [1.82, 2.24) is 0 Å². The molecule has 0 aliphatic carbocycles. The summed E-state index contributed by atoms with van der Waals surface area (Å²) in [5.41, 5.74) is 6.84. The van der Waals surface area contributed by atoms with Crippen LogP contribution in [-0.4, -0.2) is 12.6 Å². The van der Waals surface area contributed by atoms with Crippen LogP contribution in [0.2, 0.25) is 0 Å². The molecular weight excluding hydrogens is 277 g/mol. The fourth-order valence-corrected chi connectivity index (χ4v) is 2.61. The molecule has 104 valence electrons. The summed E-state index contributed by atoms with van der Waals surface area (Å²) in [6.07, 6.45) is 0. The zero-order valence-electron chi connectivity index (χ0n) is 10.9. The van der Waals surface area contributed by atoms with Gasteiger partial charge in [0.25, 0.3) is 0 Å². The maximum Gasteiger partial charge on any atom is 0.339 e. The molecule has 20 heavy (non-hydrogen) atoms. The third kappa shape index (κ3) is 3.30. The van der Waals surface area contributed by atoms with E-state index in [4.69, 9.17) is 10.5 Å². The third-order valence-corrected chi connectivity index (χ3v) is 3.74. The highest BCUT2D eigenvalue weighted by molar-refractivity contribution is 7.99. The van der Waals surface area contributed by atoms with Gasteiger partial charge in [-0.1, -0.05) is 17.8 Å². The Morgan fingerprint density at radius 1 is 1.25 bits per heavy atom. The minimum Gasteiger partial charge on any atom is -0.462 e. The molecule has 0 spiro atoms. The Bertz CT molecular complexity index is 614. The minimum atomic E-state index is -0.413. The molecule has 0 fully saturated rings. The number of rotatable bonds is 4. The Kier molecular flexibility index (Phi) is 4.63. The van der Waals surface area contributed by atoms with Crippen molar-refractivity contribution in [2.24, 2.45) is 0 Å². The van der Waals surface area contributed by atoms with Crippen LogP contribution in [-0.2, 0) is 4.74 Å². The molecule has 0 bridgehead atoms. The molecule has 3 nitrogen and oxygen atoms in total. The van der Waals surface area contributed by atoms with Gasteiger partial charge in [-0.3, -0.25) is 0 Å². The molecule has 0 heterocycles. The van der Waals surface area contributed by atoms with E-state index in [1.165, 1.54) is 23.9 Å². The summed E-state index contributed by atoms with van der Waals surface area (Å²) in [4.78, 5) is 13.3. The topological polar surface area (TPSA) is 52.3 Å². The number of hydrogen-bond donors (Lipinski definition) is 1. The van der Waals surface area contributed by atoms with Gasteiger partial charge < -0.3 is 10.5 Å². The smallest absolute Gasteiger partial charge is 0.339 e. The van der Waals surface area contributed by atoms with Crippen LogP contribution in [0.3, 0.4) is 0 Å². The first-order valence-electron chi connectivity index (χ1n) is 6.11. The molecular formula is C15H14FNO2S. The Morgan fingerprint density at radius 2 is 1.95 bits per heavy atom. The van der Waals surface area contributed by atoms with Gasteiger partial charge in [-0.2, -0.15) is 0 Å². The van der Waals surface area contributed by atoms with E-state index in [0.717, 1.165) is 4.90 Å². The highest BCUT2D eigenvalue weighted by Gasteiger charge is 2.15. The quantitative estimate of drug-likeness (QED) is 0.688. The van der Waals surface area contributed by atoms with E-state index in [9.17, 15) is 9.18 Å². The number of nitrogens with two attached hydrogens (primary N) is 1. The van der Waals surface area contributed by atoms with Crippen LogP contribution in [0.1, 0.15) is 17.3 Å². The zero-order valence-corrected chi connectivity index (χ0v) is 11.7. The molecule has 2 rings (SSSR count). The fourth-order valence-electron chi connectivity index (χ4n) is 1.66. The second-order valence-corrected chi connectivity index (χ2v) is 5.08. The molecule has 0 saturated carbocycles. The number of halogens is 1. The van der Waals surface area contributed by atoms with Crippen molar-refractivity contribution in [3.05, 3.63) is 53.8 Å². The first-order chi connectivity index (χ1) is 9.61. The molecule has 0 amide bonds. The van der Waals surface area contributed by atoms with Gasteiger partial charge in [0.1, 0.15) is 5.82 Å². The number of carbonyl (C=O) groups is 1. The molecule has 0 aliphatic rings. The average Bonchev–Trinajstić information content (AvgIpc) is 2.43. The van der Waals surface area contributed by atoms with E-state index in [-0.39, 0.29) is 5.82 Å². The Balaban J connectivity index is 2.34. The molecule has 0 atom stereocenters. The lowest BCUT2D eigenvalue weighted by atomic mass is 10.2. The van der Waals surface area contributed by atoms with Gasteiger partial charge in [0.15, 0.2) is 0 Å². The second kappa shape index (κ2) is 6.43. The van der Waals surface area contributed by atoms with Crippen LogP contribution in [0.25, 0.3) is 0 Å². The number of anilines is 1. The van der Waals surface area contributed by atoms with E-state index in [2.05, 4.69) is 0 Å². The van der Waals surface area contributed by atoms with Crippen LogP contribution in [0, 0.1) is 5.82 Å². The average molecular weight is 291 g/mol. The summed E-state index contributed by atoms with van der Waals surface area (Å²) in [6, 6.07) is 11.1. The fraction of sp³-hybridized carbons (Fsp3) is 0.133. The zero-order chi connectivity index (χ0) is 14.5. The Hall–Kier alpha value is -2.01. The predicted octanol–water partition coefficient (Wildman–Crippen LogP) is 3.74. The number of esters is 1. The van der Waals surface area contributed by atoms with Gasteiger partial charge in [0.2, 0.25) is 0 Å². The molecule has 0 saturated heterocycles. The molecule has 5 heteroatoms. The molecule has 2 aromatic rings. The highest BCUT2D eigenvalue weighted by atomic mass is 32.2. The number of carbonyl (C=O) groups excluding carboxylic acids is 1. The SMILES string of the molecule is CCOC(=O)c1cccc(N)c1Sc1ccc(F)cc1. The van der Waals surface area contributed by atoms with E-state index < -0.39 is 5.97 Å². The second-order valence-electron chi connectivity index (χ2n) is 4.00. The first kappa shape index (κ1) is 14.4. The Labute approximate surface area is 120 Å². The number of nitrogen functional groups attached to an aromatic ring is 1. The van der Waals surface area contributed by atoms with Gasteiger partial charge >= 0.3 is 5.97 Å². The lowest BCUT2D eigenvalue weighted by Crippen LogP contribution is -2.07. The third-order valence-electron chi connectivity index (χ3n) is 2.57.